The number of H-pyrrole nitrogens is 1. The minimum absolute atomic E-state index is 0.122. The summed E-state index contributed by atoms with van der Waals surface area (Å²) in [7, 11) is 1.60. The van der Waals surface area contributed by atoms with Crippen molar-refractivity contribution in [2.24, 2.45) is 0 Å². The molecule has 4 nitrogen and oxygen atoms in total. The van der Waals surface area contributed by atoms with Gasteiger partial charge in [0.2, 0.25) is 0 Å². The van der Waals surface area contributed by atoms with Crippen molar-refractivity contribution in [1.29, 1.82) is 0 Å². The zero-order valence-corrected chi connectivity index (χ0v) is 13.0. The highest BCUT2D eigenvalue weighted by molar-refractivity contribution is 14.1. The van der Waals surface area contributed by atoms with Crippen molar-refractivity contribution in [3.05, 3.63) is 49.4 Å². The van der Waals surface area contributed by atoms with Crippen LogP contribution in [0, 0.1) is 3.57 Å². The summed E-state index contributed by atoms with van der Waals surface area (Å²) in [6, 6.07) is 7.95. The first-order chi connectivity index (χ1) is 9.17. The Morgan fingerprint density at radius 1 is 1.37 bits per heavy atom. The number of aromatic nitrogens is 2. The first-order valence-corrected chi connectivity index (χ1v) is 7.11. The largest absolute Gasteiger partial charge is 0.378 e. The highest BCUT2D eigenvalue weighted by Crippen LogP contribution is 2.21. The molecule has 0 saturated carbocycles. The molecule has 100 valence electrons. The lowest BCUT2D eigenvalue weighted by Gasteiger charge is -2.09. The van der Waals surface area contributed by atoms with Crippen LogP contribution in [0.25, 0.3) is 11.4 Å². The van der Waals surface area contributed by atoms with Gasteiger partial charge in [-0.3, -0.25) is 4.79 Å². The van der Waals surface area contributed by atoms with Crippen LogP contribution in [0.4, 0.5) is 0 Å². The maximum atomic E-state index is 11.9. The summed E-state index contributed by atoms with van der Waals surface area (Å²) < 4.78 is 5.67. The molecule has 0 aliphatic rings. The molecule has 1 aromatic carbocycles. The second-order valence-electron chi connectivity index (χ2n) is 4.12. The fraction of sp³-hybridized carbons (Fsp3) is 0.286. The highest BCUT2D eigenvalue weighted by Gasteiger charge is 2.11. The van der Waals surface area contributed by atoms with E-state index in [0.29, 0.717) is 21.7 Å². The number of aromatic amines is 1. The standard InChI is InChI=1S/C14H15IN2O2/c1-3-9-6-4-5-7-10(9)13-16-11(8-19-2)12(15)14(18)17-13/h4-7H,3,8H2,1-2H3,(H,16,17,18). The minimum atomic E-state index is -0.122. The summed E-state index contributed by atoms with van der Waals surface area (Å²) in [5, 5.41) is 0. The van der Waals surface area contributed by atoms with Crippen molar-refractivity contribution in [1.82, 2.24) is 9.97 Å². The van der Waals surface area contributed by atoms with Gasteiger partial charge in [-0.25, -0.2) is 4.98 Å². The Morgan fingerprint density at radius 2 is 2.11 bits per heavy atom. The van der Waals surface area contributed by atoms with Gasteiger partial charge in [-0.2, -0.15) is 0 Å². The van der Waals surface area contributed by atoms with E-state index in [1.165, 1.54) is 0 Å². The second-order valence-corrected chi connectivity index (χ2v) is 5.20. The van der Waals surface area contributed by atoms with Crippen LogP contribution in [0.15, 0.2) is 29.1 Å². The number of rotatable bonds is 4. The third-order valence-electron chi connectivity index (χ3n) is 2.87. The van der Waals surface area contributed by atoms with Gasteiger partial charge in [0.15, 0.2) is 0 Å². The van der Waals surface area contributed by atoms with Crippen LogP contribution in [0.2, 0.25) is 0 Å². The predicted molar refractivity (Wildman–Crippen MR) is 83.1 cm³/mol. The summed E-state index contributed by atoms with van der Waals surface area (Å²) >= 11 is 2.00. The predicted octanol–water partition coefficient (Wildman–Crippen LogP) is 2.75. The average molecular weight is 370 g/mol. The van der Waals surface area contributed by atoms with Crippen LogP contribution in [-0.4, -0.2) is 17.1 Å². The molecule has 19 heavy (non-hydrogen) atoms. The smallest absolute Gasteiger partial charge is 0.264 e. The number of nitrogens with one attached hydrogen (secondary N) is 1. The Morgan fingerprint density at radius 3 is 2.79 bits per heavy atom. The van der Waals surface area contributed by atoms with E-state index in [1.807, 2.05) is 46.9 Å². The molecule has 0 atom stereocenters. The Kier molecular flexibility index (Phi) is 4.71. The number of hydrogen-bond acceptors (Lipinski definition) is 3. The Hall–Kier alpha value is -1.21. The van der Waals surface area contributed by atoms with Crippen molar-refractivity contribution < 1.29 is 4.74 Å². The first-order valence-electron chi connectivity index (χ1n) is 6.03. The minimum Gasteiger partial charge on any atom is -0.378 e. The van der Waals surface area contributed by atoms with Crippen molar-refractivity contribution in [3.8, 4) is 11.4 Å². The van der Waals surface area contributed by atoms with E-state index >= 15 is 0 Å². The second kappa shape index (κ2) is 6.29. The topological polar surface area (TPSA) is 55.0 Å². The van der Waals surface area contributed by atoms with Gasteiger partial charge in [0, 0.05) is 12.7 Å². The average Bonchev–Trinajstić information content (AvgIpc) is 2.43. The number of methoxy groups -OCH3 is 1. The number of nitrogens with zero attached hydrogens (tertiary/aromatic N) is 1. The van der Waals surface area contributed by atoms with Gasteiger partial charge in [0.05, 0.1) is 12.3 Å². The lowest BCUT2D eigenvalue weighted by Crippen LogP contribution is -2.17. The molecule has 0 aliphatic carbocycles. The Balaban J connectivity index is 2.59. The molecule has 2 rings (SSSR count). The summed E-state index contributed by atoms with van der Waals surface area (Å²) in [4.78, 5) is 19.3. The molecule has 0 fully saturated rings. The number of halogens is 1. The molecule has 0 aliphatic heterocycles. The fourth-order valence-electron chi connectivity index (χ4n) is 1.92. The van der Waals surface area contributed by atoms with Gasteiger partial charge >= 0.3 is 0 Å². The van der Waals surface area contributed by atoms with Crippen LogP contribution in [0.3, 0.4) is 0 Å². The number of aryl methyl sites for hydroxylation is 1. The van der Waals surface area contributed by atoms with Crippen LogP contribution >= 0.6 is 22.6 Å². The normalized spacial score (nSPS) is 10.7. The van der Waals surface area contributed by atoms with Crippen LogP contribution in [0.1, 0.15) is 18.2 Å². The maximum Gasteiger partial charge on any atom is 0.264 e. The van der Waals surface area contributed by atoms with Crippen molar-refractivity contribution >= 4 is 22.6 Å². The van der Waals surface area contributed by atoms with Crippen LogP contribution in [0.5, 0.6) is 0 Å². The van der Waals surface area contributed by atoms with E-state index in [-0.39, 0.29) is 5.56 Å². The Bertz CT molecular complexity index is 638. The van der Waals surface area contributed by atoms with Crippen molar-refractivity contribution in [3.63, 3.8) is 0 Å². The molecule has 1 aromatic heterocycles. The van der Waals surface area contributed by atoms with Gasteiger partial charge in [0.25, 0.3) is 5.56 Å². The van der Waals surface area contributed by atoms with Crippen molar-refractivity contribution in [2.45, 2.75) is 20.0 Å². The van der Waals surface area contributed by atoms with E-state index in [0.717, 1.165) is 17.5 Å². The molecule has 0 spiro atoms. The van der Waals surface area contributed by atoms with Gasteiger partial charge in [-0.1, -0.05) is 31.2 Å². The molecule has 0 bridgehead atoms. The third-order valence-corrected chi connectivity index (χ3v) is 3.98. The quantitative estimate of drug-likeness (QED) is 0.843. The molecular formula is C14H15IN2O2. The van der Waals surface area contributed by atoms with Crippen LogP contribution < -0.4 is 5.56 Å². The van der Waals surface area contributed by atoms with Crippen LogP contribution in [-0.2, 0) is 17.8 Å². The Labute approximate surface area is 125 Å². The molecule has 0 amide bonds. The fourth-order valence-corrected chi connectivity index (χ4v) is 2.34. The molecule has 0 unspecified atom stereocenters. The van der Waals surface area contributed by atoms with E-state index in [9.17, 15) is 4.79 Å². The first kappa shape index (κ1) is 14.2. The summed E-state index contributed by atoms with van der Waals surface area (Å²) in [6.45, 7) is 2.42. The van der Waals surface area contributed by atoms with Gasteiger partial charge < -0.3 is 9.72 Å². The van der Waals surface area contributed by atoms with Gasteiger partial charge in [0.1, 0.15) is 9.39 Å². The van der Waals surface area contributed by atoms with E-state index in [2.05, 4.69) is 16.9 Å². The zero-order valence-electron chi connectivity index (χ0n) is 10.9. The van der Waals surface area contributed by atoms with E-state index < -0.39 is 0 Å². The third kappa shape index (κ3) is 3.03. The molecule has 1 N–H and O–H groups in total. The molecule has 5 heteroatoms. The SMILES string of the molecule is CCc1ccccc1-c1nc(COC)c(I)c(=O)[nH]1. The lowest BCUT2D eigenvalue weighted by atomic mass is 10.0. The van der Waals surface area contributed by atoms with Gasteiger partial charge in [-0.15, -0.1) is 0 Å². The molecular weight excluding hydrogens is 355 g/mol. The summed E-state index contributed by atoms with van der Waals surface area (Å²) in [5.41, 5.74) is 2.68. The summed E-state index contributed by atoms with van der Waals surface area (Å²) in [5.74, 6) is 0.606. The lowest BCUT2D eigenvalue weighted by molar-refractivity contribution is 0.180. The molecule has 2 aromatic rings. The highest BCUT2D eigenvalue weighted by atomic mass is 127. The number of benzene rings is 1. The zero-order chi connectivity index (χ0) is 13.8. The summed E-state index contributed by atoms with van der Waals surface area (Å²) in [6.07, 6.45) is 0.894. The van der Waals surface area contributed by atoms with Gasteiger partial charge in [-0.05, 0) is 34.6 Å². The monoisotopic (exact) mass is 370 g/mol. The molecule has 0 saturated heterocycles. The van der Waals surface area contributed by atoms with E-state index in [1.54, 1.807) is 7.11 Å². The number of hydrogen-bond donors (Lipinski definition) is 1. The van der Waals surface area contributed by atoms with E-state index in [4.69, 9.17) is 4.74 Å². The maximum absolute atomic E-state index is 11.9. The van der Waals surface area contributed by atoms with Crippen molar-refractivity contribution in [2.75, 3.05) is 7.11 Å². The number of ether oxygens (including phenoxy) is 1. The molecule has 0 radical (unpaired) electrons. The molecule has 1 heterocycles.